The van der Waals surface area contributed by atoms with E-state index in [1.54, 1.807) is 0 Å². The van der Waals surface area contributed by atoms with Gasteiger partial charge in [0.25, 0.3) is 0 Å². The summed E-state index contributed by atoms with van der Waals surface area (Å²) in [5.41, 5.74) is -1.55. The van der Waals surface area contributed by atoms with Crippen LogP contribution in [0, 0.1) is 29.1 Å². The van der Waals surface area contributed by atoms with Crippen molar-refractivity contribution in [3.8, 4) is 0 Å². The van der Waals surface area contributed by atoms with E-state index >= 15 is 0 Å². The Morgan fingerprint density at radius 2 is 1.25 bits per heavy atom. The van der Waals surface area contributed by atoms with Gasteiger partial charge in [0.05, 0.1) is 5.92 Å². The minimum atomic E-state index is -2.41. The Kier molecular flexibility index (Phi) is 4.64. The van der Waals surface area contributed by atoms with Crippen molar-refractivity contribution in [2.45, 2.75) is 18.8 Å². The summed E-state index contributed by atoms with van der Waals surface area (Å²) in [6.07, 6.45) is -1.63. The molecule has 0 aliphatic rings. The fourth-order valence-electron chi connectivity index (χ4n) is 1.59. The second kappa shape index (κ2) is 5.85. The number of hydrogen-bond acceptors (Lipinski definition) is 2. The van der Waals surface area contributed by atoms with Crippen molar-refractivity contribution in [3.05, 3.63) is 34.6 Å². The molecule has 0 saturated heterocycles. The first-order chi connectivity index (χ1) is 9.18. The Morgan fingerprint density at radius 1 is 0.850 bits per heavy atom. The zero-order valence-electron chi connectivity index (χ0n) is 9.59. The van der Waals surface area contributed by atoms with Gasteiger partial charge in [-0.15, -0.1) is 0 Å². The van der Waals surface area contributed by atoms with Crippen molar-refractivity contribution in [3.63, 3.8) is 0 Å². The predicted molar refractivity (Wildman–Crippen MR) is 53.5 cm³/mol. The smallest absolute Gasteiger partial charge is 0.311 e. The number of benzene rings is 1. The second-order valence-electron chi connectivity index (χ2n) is 3.81. The molecule has 1 aromatic carbocycles. The molecule has 2 N–H and O–H groups in total. The monoisotopic (exact) mass is 298 g/mol. The van der Waals surface area contributed by atoms with Crippen molar-refractivity contribution in [1.29, 1.82) is 0 Å². The molecule has 0 aliphatic carbocycles. The van der Waals surface area contributed by atoms with E-state index in [9.17, 15) is 31.5 Å². The summed E-state index contributed by atoms with van der Waals surface area (Å²) in [7, 11) is 0. The normalized spacial score (nSPS) is 12.2. The number of aliphatic carboxylic acids is 2. The maximum absolute atomic E-state index is 13.4. The number of halogens is 5. The first-order valence-electron chi connectivity index (χ1n) is 5.14. The molecule has 1 rings (SSSR count). The molecule has 0 aliphatic heterocycles. The van der Waals surface area contributed by atoms with Gasteiger partial charge in [0.15, 0.2) is 23.3 Å². The molecule has 0 aromatic heterocycles. The van der Waals surface area contributed by atoms with Gasteiger partial charge in [0.1, 0.15) is 0 Å². The summed E-state index contributed by atoms with van der Waals surface area (Å²) < 4.78 is 65.5. The summed E-state index contributed by atoms with van der Waals surface area (Å²) in [6.45, 7) is 0. The number of carboxylic acids is 2. The Bertz CT molecular complexity index is 543. The van der Waals surface area contributed by atoms with Crippen molar-refractivity contribution in [1.82, 2.24) is 0 Å². The summed E-state index contributed by atoms with van der Waals surface area (Å²) in [5, 5.41) is 17.2. The van der Waals surface area contributed by atoms with Gasteiger partial charge in [0.2, 0.25) is 5.82 Å². The lowest BCUT2D eigenvalue weighted by Gasteiger charge is -2.14. The molecule has 0 saturated carbocycles. The Morgan fingerprint density at radius 3 is 1.60 bits per heavy atom. The highest BCUT2D eigenvalue weighted by molar-refractivity contribution is 5.77. The van der Waals surface area contributed by atoms with Crippen molar-refractivity contribution >= 4 is 11.9 Å². The highest BCUT2D eigenvalue weighted by Gasteiger charge is 2.34. The number of rotatable bonds is 5. The molecule has 0 fully saturated rings. The predicted octanol–water partition coefficient (Wildman–Crippen LogP) is 2.42. The Hall–Kier alpha value is -2.19. The fourth-order valence-corrected chi connectivity index (χ4v) is 1.59. The molecule has 1 atom stereocenters. The average molecular weight is 298 g/mol. The third-order valence-corrected chi connectivity index (χ3v) is 2.54. The van der Waals surface area contributed by atoms with Crippen LogP contribution in [0.3, 0.4) is 0 Å². The van der Waals surface area contributed by atoms with Crippen LogP contribution in [0.1, 0.15) is 24.3 Å². The van der Waals surface area contributed by atoms with Crippen molar-refractivity contribution in [2.75, 3.05) is 0 Å². The van der Waals surface area contributed by atoms with E-state index in [2.05, 4.69) is 0 Å². The highest BCUT2D eigenvalue weighted by Crippen LogP contribution is 2.31. The van der Waals surface area contributed by atoms with Gasteiger partial charge in [0, 0.05) is 12.0 Å². The second-order valence-corrected chi connectivity index (χ2v) is 3.81. The zero-order valence-corrected chi connectivity index (χ0v) is 9.59. The number of carboxylic acid groups (broad SMARTS) is 2. The molecule has 1 unspecified atom stereocenters. The van der Waals surface area contributed by atoms with Gasteiger partial charge in [-0.25, -0.2) is 22.0 Å². The van der Waals surface area contributed by atoms with Crippen LogP contribution in [0.5, 0.6) is 0 Å². The molecule has 110 valence electrons. The topological polar surface area (TPSA) is 74.6 Å². The van der Waals surface area contributed by atoms with Gasteiger partial charge in [-0.2, -0.15) is 0 Å². The van der Waals surface area contributed by atoms with Crippen molar-refractivity contribution < 1.29 is 41.8 Å². The van der Waals surface area contributed by atoms with Crippen LogP contribution < -0.4 is 0 Å². The van der Waals surface area contributed by atoms with Crippen LogP contribution in [-0.2, 0) is 9.59 Å². The van der Waals surface area contributed by atoms with Gasteiger partial charge in [-0.05, 0) is 6.42 Å². The highest BCUT2D eigenvalue weighted by atomic mass is 19.2. The molecule has 9 heteroatoms. The summed E-state index contributed by atoms with van der Waals surface area (Å²) in [4.78, 5) is 21.2. The van der Waals surface area contributed by atoms with Crippen LogP contribution in [0.15, 0.2) is 0 Å². The Balaban J connectivity index is 3.41. The molecule has 4 nitrogen and oxygen atoms in total. The lowest BCUT2D eigenvalue weighted by atomic mass is 9.92. The van der Waals surface area contributed by atoms with E-state index < -0.39 is 65.3 Å². The molecule has 20 heavy (non-hydrogen) atoms. The first kappa shape index (κ1) is 15.9. The third kappa shape index (κ3) is 2.86. The van der Waals surface area contributed by atoms with Crippen LogP contribution >= 0.6 is 0 Å². The SMILES string of the molecule is O=C(O)CCC(C(=O)O)c1c(F)c(F)c(F)c(F)c1F. The molecule has 1 aromatic rings. The number of carbonyl (C=O) groups is 2. The standard InChI is InChI=1S/C11H7F5O4/c12-6-5(3(11(19)20)1-2-4(17)18)7(13)9(15)10(16)8(6)14/h3H,1-2H2,(H,17,18)(H,19,20). The third-order valence-electron chi connectivity index (χ3n) is 2.54. The van der Waals surface area contributed by atoms with Crippen LogP contribution in [0.4, 0.5) is 22.0 Å². The van der Waals surface area contributed by atoms with E-state index in [1.165, 1.54) is 0 Å². The summed E-state index contributed by atoms with van der Waals surface area (Å²) >= 11 is 0. The van der Waals surface area contributed by atoms with Gasteiger partial charge < -0.3 is 10.2 Å². The summed E-state index contributed by atoms with van der Waals surface area (Å²) in [5.74, 6) is -17.0. The van der Waals surface area contributed by atoms with Gasteiger partial charge >= 0.3 is 11.9 Å². The molecular formula is C11H7F5O4. The minimum absolute atomic E-state index is 0.809. The lowest BCUT2D eigenvalue weighted by Crippen LogP contribution is -2.19. The van der Waals surface area contributed by atoms with Gasteiger partial charge in [-0.1, -0.05) is 0 Å². The van der Waals surface area contributed by atoms with E-state index in [-0.39, 0.29) is 0 Å². The van der Waals surface area contributed by atoms with E-state index in [4.69, 9.17) is 10.2 Å². The van der Waals surface area contributed by atoms with Crippen molar-refractivity contribution in [2.24, 2.45) is 0 Å². The average Bonchev–Trinajstić information content (AvgIpc) is 2.37. The van der Waals surface area contributed by atoms with Crippen LogP contribution in [-0.4, -0.2) is 22.2 Å². The molecule has 0 spiro atoms. The maximum Gasteiger partial charge on any atom is 0.311 e. The molecule has 0 radical (unpaired) electrons. The summed E-state index contributed by atoms with van der Waals surface area (Å²) in [6, 6.07) is 0. The quantitative estimate of drug-likeness (QED) is 0.497. The lowest BCUT2D eigenvalue weighted by molar-refractivity contribution is -0.140. The first-order valence-corrected chi connectivity index (χ1v) is 5.14. The zero-order chi connectivity index (χ0) is 15.6. The number of hydrogen-bond donors (Lipinski definition) is 2. The van der Waals surface area contributed by atoms with E-state index in [0.29, 0.717) is 0 Å². The maximum atomic E-state index is 13.4. The van der Waals surface area contributed by atoms with Crippen LogP contribution in [0.25, 0.3) is 0 Å². The van der Waals surface area contributed by atoms with E-state index in [0.717, 1.165) is 0 Å². The largest absolute Gasteiger partial charge is 0.481 e. The van der Waals surface area contributed by atoms with Crippen LogP contribution in [0.2, 0.25) is 0 Å². The Labute approximate surface area is 108 Å². The fraction of sp³-hybridized carbons (Fsp3) is 0.273. The molecular weight excluding hydrogens is 291 g/mol. The molecule has 0 heterocycles. The van der Waals surface area contributed by atoms with E-state index in [1.807, 2.05) is 0 Å². The minimum Gasteiger partial charge on any atom is -0.481 e. The molecule has 0 bridgehead atoms. The molecule has 0 amide bonds. The van der Waals surface area contributed by atoms with Gasteiger partial charge in [-0.3, -0.25) is 9.59 Å².